The van der Waals surface area contributed by atoms with Gasteiger partial charge >= 0.3 is 0 Å². The smallest absolute Gasteiger partial charge is 0.249 e. The number of aromatic nitrogens is 4. The zero-order valence-electron chi connectivity index (χ0n) is 29.0. The molecule has 2 amide bonds. The predicted octanol–water partition coefficient (Wildman–Crippen LogP) is 5.04. The lowest BCUT2D eigenvalue weighted by atomic mass is 9.90. The van der Waals surface area contributed by atoms with Gasteiger partial charge in [-0.1, -0.05) is 18.2 Å². The predicted molar refractivity (Wildman–Crippen MR) is 198 cm³/mol. The van der Waals surface area contributed by atoms with Crippen LogP contribution in [0.4, 0.5) is 11.4 Å². The number of hydrogen-bond donors (Lipinski definition) is 2. The normalized spacial score (nSPS) is 20.5. The maximum atomic E-state index is 12.7. The van der Waals surface area contributed by atoms with Crippen LogP contribution in [-0.2, 0) is 9.59 Å². The van der Waals surface area contributed by atoms with Crippen LogP contribution < -0.4 is 19.9 Å². The van der Waals surface area contributed by atoms with Crippen molar-refractivity contribution in [3.8, 4) is 28.4 Å². The van der Waals surface area contributed by atoms with E-state index in [1.165, 1.54) is 0 Å². The van der Waals surface area contributed by atoms with E-state index < -0.39 is 0 Å². The van der Waals surface area contributed by atoms with Crippen molar-refractivity contribution in [3.05, 3.63) is 84.8 Å². The minimum Gasteiger partial charge on any atom is -0.507 e. The Bertz CT molecular complexity index is 2120. The number of nitrogens with one attached hydrogen (secondary N) is 1. The van der Waals surface area contributed by atoms with Gasteiger partial charge in [0.1, 0.15) is 23.9 Å². The van der Waals surface area contributed by atoms with Gasteiger partial charge in [0.05, 0.1) is 41.0 Å². The van der Waals surface area contributed by atoms with Gasteiger partial charge in [0, 0.05) is 48.9 Å². The van der Waals surface area contributed by atoms with Crippen molar-refractivity contribution in [2.75, 3.05) is 49.1 Å². The van der Waals surface area contributed by atoms with Crippen molar-refractivity contribution in [1.29, 1.82) is 0 Å². The second kappa shape index (κ2) is 13.6. The van der Waals surface area contributed by atoms with Crippen LogP contribution in [0.15, 0.2) is 79.1 Å². The maximum Gasteiger partial charge on any atom is 0.249 e. The van der Waals surface area contributed by atoms with Crippen LogP contribution in [-0.4, -0.2) is 93.0 Å². The Labute approximate surface area is 302 Å². The molecule has 12 nitrogen and oxygen atoms in total. The molecule has 4 aliphatic heterocycles. The lowest BCUT2D eigenvalue weighted by Gasteiger charge is -2.43. The number of likely N-dealkylation sites (tertiary alicyclic amines) is 1. The van der Waals surface area contributed by atoms with Crippen molar-refractivity contribution in [2.45, 2.75) is 56.5 Å². The summed E-state index contributed by atoms with van der Waals surface area (Å²) in [4.78, 5) is 36.6. The van der Waals surface area contributed by atoms with E-state index in [9.17, 15) is 14.7 Å². The van der Waals surface area contributed by atoms with Crippen LogP contribution in [0.5, 0.6) is 11.5 Å². The highest BCUT2D eigenvalue weighted by atomic mass is 16.5. The number of imide groups is 1. The van der Waals surface area contributed by atoms with E-state index in [0.29, 0.717) is 49.2 Å². The van der Waals surface area contributed by atoms with Gasteiger partial charge < -0.3 is 29.1 Å². The number of nitrogens with zero attached hydrogens (tertiary/aromatic N) is 7. The van der Waals surface area contributed by atoms with Crippen LogP contribution in [0.2, 0.25) is 0 Å². The van der Waals surface area contributed by atoms with Crippen molar-refractivity contribution < 1.29 is 19.4 Å². The number of rotatable bonds is 6. The Kier molecular flexibility index (Phi) is 8.46. The first-order valence-corrected chi connectivity index (χ1v) is 18.4. The molecular formula is C40H42N8O4. The Morgan fingerprint density at radius 3 is 2.44 bits per heavy atom. The summed E-state index contributed by atoms with van der Waals surface area (Å²) in [6, 6.07) is 21.8. The summed E-state index contributed by atoms with van der Waals surface area (Å²) in [5, 5.41) is 21.6. The van der Waals surface area contributed by atoms with Crippen LogP contribution >= 0.6 is 0 Å². The standard InChI is InChI=1S/C40H42N8O4/c49-37-7-2-1-4-29(37)32-24-36-31(43-44-32)16-21-47(36)28-8-9-30(41-25-28)26-12-17-45(18-13-26)27-14-19-46(20-15-27)33-5-3-6-34-39(33)52-23-22-48(34)35-10-11-38(50)42-40(35)51/h1-9,16,21,24-27,35,49H,10-15,17-20,22-23H2,(H,42,50,51). The molecule has 5 aromatic rings. The highest BCUT2D eigenvalue weighted by Crippen LogP contribution is 2.43. The van der Waals surface area contributed by atoms with E-state index >= 15 is 0 Å². The Morgan fingerprint density at radius 2 is 1.65 bits per heavy atom. The summed E-state index contributed by atoms with van der Waals surface area (Å²) < 4.78 is 8.32. The number of benzene rings is 2. The average molecular weight is 699 g/mol. The second-order valence-corrected chi connectivity index (χ2v) is 14.3. The zero-order valence-corrected chi connectivity index (χ0v) is 29.0. The number of para-hydroxylation sites is 2. The number of carbonyl (C=O) groups excluding carboxylic acids is 2. The summed E-state index contributed by atoms with van der Waals surface area (Å²) in [5.41, 5.74) is 7.12. The number of carbonyl (C=O) groups is 2. The number of piperidine rings is 3. The van der Waals surface area contributed by atoms with Gasteiger partial charge in [-0.25, -0.2) is 0 Å². The maximum absolute atomic E-state index is 12.7. The fourth-order valence-electron chi connectivity index (χ4n) is 8.59. The van der Waals surface area contributed by atoms with E-state index in [1.807, 2.05) is 42.7 Å². The third kappa shape index (κ3) is 6.00. The van der Waals surface area contributed by atoms with Crippen molar-refractivity contribution in [1.82, 2.24) is 30.0 Å². The summed E-state index contributed by atoms with van der Waals surface area (Å²) in [6.07, 6.45) is 9.21. The molecule has 266 valence electrons. The Morgan fingerprint density at radius 1 is 0.827 bits per heavy atom. The van der Waals surface area contributed by atoms with Gasteiger partial charge in [-0.2, -0.15) is 0 Å². The number of anilines is 2. The third-order valence-corrected chi connectivity index (χ3v) is 11.4. The number of amides is 2. The first-order valence-electron chi connectivity index (χ1n) is 18.4. The lowest BCUT2D eigenvalue weighted by Crippen LogP contribution is -2.54. The molecule has 2 N–H and O–H groups in total. The van der Waals surface area contributed by atoms with Crippen LogP contribution in [0, 0.1) is 0 Å². The molecule has 3 saturated heterocycles. The van der Waals surface area contributed by atoms with Crippen molar-refractivity contribution >= 4 is 34.2 Å². The number of phenolic OH excluding ortho intramolecular Hbond substituents is 1. The minimum atomic E-state index is -0.349. The molecule has 1 atom stereocenters. The highest BCUT2D eigenvalue weighted by Gasteiger charge is 2.36. The summed E-state index contributed by atoms with van der Waals surface area (Å²) in [5.74, 6) is 1.06. The first-order chi connectivity index (χ1) is 25.5. The monoisotopic (exact) mass is 698 g/mol. The fraction of sp³-hybridized carbons (Fsp3) is 0.375. The Hall–Kier alpha value is -5.49. The second-order valence-electron chi connectivity index (χ2n) is 14.3. The summed E-state index contributed by atoms with van der Waals surface area (Å²) >= 11 is 0. The summed E-state index contributed by atoms with van der Waals surface area (Å²) in [7, 11) is 0. The van der Waals surface area contributed by atoms with E-state index in [2.05, 4.69) is 59.0 Å². The number of ether oxygens (including phenoxy) is 1. The molecule has 52 heavy (non-hydrogen) atoms. The van der Waals surface area contributed by atoms with Crippen LogP contribution in [0.1, 0.15) is 50.1 Å². The molecule has 9 rings (SSSR count). The quantitative estimate of drug-likeness (QED) is 0.233. The number of phenols is 1. The van der Waals surface area contributed by atoms with E-state index in [-0.39, 0.29) is 23.6 Å². The van der Waals surface area contributed by atoms with Crippen molar-refractivity contribution in [3.63, 3.8) is 0 Å². The molecule has 3 aromatic heterocycles. The van der Waals surface area contributed by atoms with E-state index in [0.717, 1.165) is 91.4 Å². The summed E-state index contributed by atoms with van der Waals surface area (Å²) in [6.45, 7) is 5.20. The first kappa shape index (κ1) is 32.4. The number of pyridine rings is 1. The van der Waals surface area contributed by atoms with Crippen molar-refractivity contribution in [2.24, 2.45) is 0 Å². The highest BCUT2D eigenvalue weighted by molar-refractivity contribution is 6.02. The SMILES string of the molecule is O=C1CCC(N2CCOc3c(N4CCC(N5CCC(c6ccc(-n7ccc8nnc(-c9ccccc9O)cc87)cn6)CC5)CC4)cccc32)C(=O)N1. The van der Waals surface area contributed by atoms with Crippen LogP contribution in [0.3, 0.4) is 0 Å². The number of aromatic hydroxyl groups is 1. The van der Waals surface area contributed by atoms with Gasteiger partial charge in [0.25, 0.3) is 0 Å². The fourth-order valence-corrected chi connectivity index (χ4v) is 8.59. The molecule has 4 aliphatic rings. The van der Waals surface area contributed by atoms with Gasteiger partial charge in [-0.15, -0.1) is 10.2 Å². The average Bonchev–Trinajstić information content (AvgIpc) is 3.61. The van der Waals surface area contributed by atoms with Gasteiger partial charge in [-0.05, 0) is 93.7 Å². The largest absolute Gasteiger partial charge is 0.507 e. The molecule has 0 spiro atoms. The van der Waals surface area contributed by atoms with Gasteiger partial charge in [-0.3, -0.25) is 19.9 Å². The zero-order chi connectivity index (χ0) is 35.2. The van der Waals surface area contributed by atoms with Gasteiger partial charge in [0.15, 0.2) is 5.75 Å². The molecule has 3 fully saturated rings. The molecular weight excluding hydrogens is 656 g/mol. The van der Waals surface area contributed by atoms with Gasteiger partial charge in [0.2, 0.25) is 11.8 Å². The third-order valence-electron chi connectivity index (χ3n) is 11.4. The molecule has 12 heteroatoms. The molecule has 0 aliphatic carbocycles. The molecule has 1 unspecified atom stereocenters. The molecule has 0 bridgehead atoms. The molecule has 0 saturated carbocycles. The van der Waals surface area contributed by atoms with Crippen LogP contribution in [0.25, 0.3) is 28.0 Å². The lowest BCUT2D eigenvalue weighted by molar-refractivity contribution is -0.134. The molecule has 0 radical (unpaired) electrons. The molecule has 2 aromatic carbocycles. The number of hydrogen-bond acceptors (Lipinski definition) is 10. The van der Waals surface area contributed by atoms with E-state index in [4.69, 9.17) is 9.72 Å². The molecule has 7 heterocycles. The van der Waals surface area contributed by atoms with E-state index in [1.54, 1.807) is 12.1 Å². The Balaban J connectivity index is 0.817. The minimum absolute atomic E-state index is 0.180. The number of fused-ring (bicyclic) bond motifs is 2. The topological polar surface area (TPSA) is 129 Å².